The molecule has 6 heteroatoms. The molecule has 0 spiro atoms. The van der Waals surface area contributed by atoms with E-state index < -0.39 is 23.7 Å². The minimum absolute atomic E-state index is 0.0599. The van der Waals surface area contributed by atoms with E-state index in [4.69, 9.17) is 9.57 Å². The van der Waals surface area contributed by atoms with Gasteiger partial charge in [0.2, 0.25) is 0 Å². The lowest BCUT2D eigenvalue weighted by Gasteiger charge is -2.26. The molecule has 0 N–H and O–H groups in total. The van der Waals surface area contributed by atoms with Crippen LogP contribution in [0.1, 0.15) is 40.0 Å². The maximum Gasteiger partial charge on any atom is 0.336 e. The number of nitrogens with zero attached hydrogens (tertiary/aromatic N) is 1. The van der Waals surface area contributed by atoms with E-state index in [0.717, 1.165) is 6.42 Å². The molecule has 108 valence electrons. The minimum atomic E-state index is -0.577. The lowest BCUT2D eigenvalue weighted by Crippen LogP contribution is -2.37. The Morgan fingerprint density at radius 3 is 2.21 bits per heavy atom. The second kappa shape index (κ2) is 6.65. The summed E-state index contributed by atoms with van der Waals surface area (Å²) in [5, 5.41) is 0.583. The Morgan fingerprint density at radius 1 is 1.26 bits per heavy atom. The number of carbonyl (C=O) groups is 3. The van der Waals surface area contributed by atoms with Crippen LogP contribution in [0.25, 0.3) is 0 Å². The number of rotatable bonds is 6. The topological polar surface area (TPSA) is 72.9 Å². The van der Waals surface area contributed by atoms with Crippen molar-refractivity contribution in [2.45, 2.75) is 46.1 Å². The molecule has 6 nitrogen and oxygen atoms in total. The lowest BCUT2D eigenvalue weighted by atomic mass is 9.89. The third-order valence-electron chi connectivity index (χ3n) is 3.64. The van der Waals surface area contributed by atoms with E-state index in [2.05, 4.69) is 0 Å². The van der Waals surface area contributed by atoms with Crippen LogP contribution in [0.5, 0.6) is 0 Å². The van der Waals surface area contributed by atoms with Crippen LogP contribution in [0, 0.1) is 11.8 Å². The SMILES string of the molecule is CCC(OC)C(C)C(C)C(=O)ON1C(=O)CCC1=O. The summed E-state index contributed by atoms with van der Waals surface area (Å²) in [4.78, 5) is 39.6. The van der Waals surface area contributed by atoms with Gasteiger partial charge < -0.3 is 9.57 Å². The fraction of sp³-hybridized carbons (Fsp3) is 0.769. The molecule has 0 aromatic heterocycles. The van der Waals surface area contributed by atoms with Crippen molar-refractivity contribution < 1.29 is 24.0 Å². The molecular weight excluding hydrogens is 250 g/mol. The summed E-state index contributed by atoms with van der Waals surface area (Å²) in [7, 11) is 1.59. The fourth-order valence-corrected chi connectivity index (χ4v) is 2.12. The Balaban J connectivity index is 2.62. The normalized spacial score (nSPS) is 20.3. The molecule has 0 aromatic carbocycles. The van der Waals surface area contributed by atoms with Crippen LogP contribution in [0.2, 0.25) is 0 Å². The van der Waals surface area contributed by atoms with E-state index in [-0.39, 0.29) is 24.9 Å². The van der Waals surface area contributed by atoms with Gasteiger partial charge in [0.15, 0.2) is 0 Å². The minimum Gasteiger partial charge on any atom is -0.381 e. The zero-order valence-corrected chi connectivity index (χ0v) is 11.8. The number of ether oxygens (including phenoxy) is 1. The van der Waals surface area contributed by atoms with Gasteiger partial charge >= 0.3 is 5.97 Å². The highest BCUT2D eigenvalue weighted by atomic mass is 16.7. The molecule has 1 heterocycles. The zero-order valence-electron chi connectivity index (χ0n) is 11.8. The summed E-state index contributed by atoms with van der Waals surface area (Å²) in [6, 6.07) is 0. The molecule has 1 aliphatic rings. The van der Waals surface area contributed by atoms with Gasteiger partial charge in [-0.25, -0.2) is 4.79 Å². The van der Waals surface area contributed by atoms with Crippen LogP contribution in [0.4, 0.5) is 0 Å². The molecule has 0 aliphatic carbocycles. The average Bonchev–Trinajstić information content (AvgIpc) is 2.70. The molecule has 0 bridgehead atoms. The third kappa shape index (κ3) is 3.53. The van der Waals surface area contributed by atoms with Gasteiger partial charge in [0, 0.05) is 20.0 Å². The van der Waals surface area contributed by atoms with Crippen LogP contribution in [-0.2, 0) is 24.0 Å². The predicted octanol–water partition coefficient (Wildman–Crippen LogP) is 1.29. The molecule has 1 rings (SSSR count). The van der Waals surface area contributed by atoms with Gasteiger partial charge in [-0.1, -0.05) is 20.8 Å². The highest BCUT2D eigenvalue weighted by Gasteiger charge is 2.36. The molecule has 3 atom stereocenters. The van der Waals surface area contributed by atoms with Crippen LogP contribution in [-0.4, -0.2) is 36.1 Å². The van der Waals surface area contributed by atoms with Crippen LogP contribution in [0.15, 0.2) is 0 Å². The zero-order chi connectivity index (χ0) is 14.6. The number of methoxy groups -OCH3 is 1. The van der Waals surface area contributed by atoms with Gasteiger partial charge in [0.25, 0.3) is 11.8 Å². The maximum atomic E-state index is 11.9. The Labute approximate surface area is 113 Å². The highest BCUT2D eigenvalue weighted by Crippen LogP contribution is 2.22. The van der Waals surface area contributed by atoms with Crippen molar-refractivity contribution >= 4 is 17.8 Å². The number of carbonyl (C=O) groups excluding carboxylic acids is 3. The van der Waals surface area contributed by atoms with E-state index in [1.165, 1.54) is 0 Å². The largest absolute Gasteiger partial charge is 0.381 e. The molecule has 19 heavy (non-hydrogen) atoms. The summed E-state index contributed by atoms with van der Waals surface area (Å²) >= 11 is 0. The smallest absolute Gasteiger partial charge is 0.336 e. The predicted molar refractivity (Wildman–Crippen MR) is 66.6 cm³/mol. The monoisotopic (exact) mass is 271 g/mol. The van der Waals surface area contributed by atoms with E-state index in [0.29, 0.717) is 5.06 Å². The summed E-state index contributed by atoms with van der Waals surface area (Å²) in [6.07, 6.45) is 0.918. The van der Waals surface area contributed by atoms with Crippen LogP contribution < -0.4 is 0 Å². The van der Waals surface area contributed by atoms with Gasteiger partial charge in [0.05, 0.1) is 12.0 Å². The second-order valence-corrected chi connectivity index (χ2v) is 4.82. The van der Waals surface area contributed by atoms with Crippen molar-refractivity contribution in [2.24, 2.45) is 11.8 Å². The van der Waals surface area contributed by atoms with E-state index in [9.17, 15) is 14.4 Å². The van der Waals surface area contributed by atoms with E-state index in [1.807, 2.05) is 13.8 Å². The van der Waals surface area contributed by atoms with Crippen molar-refractivity contribution in [3.8, 4) is 0 Å². The first-order chi connectivity index (χ1) is 8.92. The molecule has 0 saturated carbocycles. The van der Waals surface area contributed by atoms with Gasteiger partial charge in [-0.15, -0.1) is 5.06 Å². The number of imide groups is 1. The Kier molecular flexibility index (Phi) is 5.47. The summed E-state index contributed by atoms with van der Waals surface area (Å²) in [5.74, 6) is -2.01. The second-order valence-electron chi connectivity index (χ2n) is 4.82. The highest BCUT2D eigenvalue weighted by molar-refractivity contribution is 6.01. The van der Waals surface area contributed by atoms with Crippen molar-refractivity contribution in [2.75, 3.05) is 7.11 Å². The molecule has 0 aromatic rings. The first-order valence-electron chi connectivity index (χ1n) is 6.52. The first kappa shape index (κ1) is 15.6. The quantitative estimate of drug-likeness (QED) is 0.681. The summed E-state index contributed by atoms with van der Waals surface area (Å²) in [6.45, 7) is 5.56. The fourth-order valence-electron chi connectivity index (χ4n) is 2.12. The maximum absolute atomic E-state index is 11.9. The van der Waals surface area contributed by atoms with Crippen molar-refractivity contribution in [3.63, 3.8) is 0 Å². The van der Waals surface area contributed by atoms with Gasteiger partial charge in [0.1, 0.15) is 0 Å². The Morgan fingerprint density at radius 2 is 1.79 bits per heavy atom. The molecule has 2 amide bonds. The lowest BCUT2D eigenvalue weighted by molar-refractivity contribution is -0.202. The van der Waals surface area contributed by atoms with Crippen LogP contribution in [0.3, 0.4) is 0 Å². The van der Waals surface area contributed by atoms with Crippen molar-refractivity contribution in [3.05, 3.63) is 0 Å². The molecule has 1 fully saturated rings. The van der Waals surface area contributed by atoms with Crippen molar-refractivity contribution in [1.82, 2.24) is 5.06 Å². The number of hydroxylamine groups is 2. The van der Waals surface area contributed by atoms with Gasteiger partial charge in [-0.2, -0.15) is 0 Å². The summed E-state index contributed by atoms with van der Waals surface area (Å²) in [5.41, 5.74) is 0. The van der Waals surface area contributed by atoms with Gasteiger partial charge in [-0.3, -0.25) is 9.59 Å². The number of hydrogen-bond acceptors (Lipinski definition) is 5. The molecule has 1 aliphatic heterocycles. The van der Waals surface area contributed by atoms with Gasteiger partial charge in [-0.05, 0) is 12.3 Å². The standard InChI is InChI=1S/C13H21NO5/c1-5-10(18-4)8(2)9(3)13(17)19-14-11(15)6-7-12(14)16/h8-10H,5-7H2,1-4H3. The number of amides is 2. The molecular formula is C13H21NO5. The molecule has 1 saturated heterocycles. The van der Waals surface area contributed by atoms with Crippen molar-refractivity contribution in [1.29, 1.82) is 0 Å². The first-order valence-corrected chi connectivity index (χ1v) is 6.52. The summed E-state index contributed by atoms with van der Waals surface area (Å²) < 4.78 is 5.29. The van der Waals surface area contributed by atoms with Crippen LogP contribution >= 0.6 is 0 Å². The Bertz CT molecular complexity index is 348. The van der Waals surface area contributed by atoms with E-state index >= 15 is 0 Å². The van der Waals surface area contributed by atoms with E-state index in [1.54, 1.807) is 14.0 Å². The number of hydrogen-bond donors (Lipinski definition) is 0. The third-order valence-corrected chi connectivity index (χ3v) is 3.64. The average molecular weight is 271 g/mol. The molecule has 3 unspecified atom stereocenters. The Hall–Kier alpha value is -1.43. The molecule has 0 radical (unpaired) electrons.